The first-order valence-corrected chi connectivity index (χ1v) is 7.93. The fraction of sp³-hybridized carbons (Fsp3) is 0.375. The molecule has 1 aromatic carbocycles. The van der Waals surface area contributed by atoms with Crippen molar-refractivity contribution in [3.05, 3.63) is 36.0 Å². The normalized spacial score (nSPS) is 11.0. The first-order chi connectivity index (χ1) is 9.58. The van der Waals surface area contributed by atoms with Crippen LogP contribution in [0.1, 0.15) is 26.5 Å². The molecule has 0 saturated carbocycles. The van der Waals surface area contributed by atoms with Gasteiger partial charge in [-0.05, 0) is 30.2 Å². The molecule has 0 spiro atoms. The van der Waals surface area contributed by atoms with Crippen LogP contribution in [0.3, 0.4) is 0 Å². The van der Waals surface area contributed by atoms with Crippen molar-refractivity contribution in [3.63, 3.8) is 0 Å². The first kappa shape index (κ1) is 14.9. The Morgan fingerprint density at radius 3 is 2.45 bits per heavy atom. The average Bonchev–Trinajstić information content (AvgIpc) is 2.38. The van der Waals surface area contributed by atoms with E-state index in [2.05, 4.69) is 55.0 Å². The summed E-state index contributed by atoms with van der Waals surface area (Å²) in [5, 5.41) is 0. The lowest BCUT2D eigenvalue weighted by atomic mass is 10.1. The number of thioether (sulfide) groups is 1. The maximum Gasteiger partial charge on any atom is 0.161 e. The molecule has 0 atom stereocenters. The third kappa shape index (κ3) is 3.97. The number of nitrogens with two attached hydrogens (primary N) is 1. The predicted molar refractivity (Wildman–Crippen MR) is 86.8 cm³/mol. The van der Waals surface area contributed by atoms with Crippen molar-refractivity contribution in [2.24, 2.45) is 5.92 Å². The number of benzene rings is 1. The van der Waals surface area contributed by atoms with E-state index in [1.54, 1.807) is 0 Å². The van der Waals surface area contributed by atoms with E-state index in [1.807, 2.05) is 17.8 Å². The first-order valence-electron chi connectivity index (χ1n) is 6.95. The van der Waals surface area contributed by atoms with Crippen LogP contribution in [0.5, 0.6) is 0 Å². The van der Waals surface area contributed by atoms with Gasteiger partial charge in [-0.15, -0.1) is 11.8 Å². The summed E-state index contributed by atoms with van der Waals surface area (Å²) in [7, 11) is 0. The number of rotatable bonds is 5. The van der Waals surface area contributed by atoms with E-state index in [9.17, 15) is 0 Å². The van der Waals surface area contributed by atoms with Gasteiger partial charge in [-0.1, -0.05) is 32.9 Å². The summed E-state index contributed by atoms with van der Waals surface area (Å²) in [6.45, 7) is 6.50. The van der Waals surface area contributed by atoms with Gasteiger partial charge in [0.25, 0.3) is 0 Å². The van der Waals surface area contributed by atoms with Crippen molar-refractivity contribution in [1.29, 1.82) is 0 Å². The molecule has 0 radical (unpaired) electrons. The van der Waals surface area contributed by atoms with Crippen LogP contribution in [-0.2, 0) is 6.42 Å². The molecule has 1 aromatic heterocycles. The number of aromatic nitrogens is 2. The largest absolute Gasteiger partial charge is 0.384 e. The minimum Gasteiger partial charge on any atom is -0.384 e. The molecule has 106 valence electrons. The monoisotopic (exact) mass is 287 g/mol. The van der Waals surface area contributed by atoms with Gasteiger partial charge in [-0.3, -0.25) is 0 Å². The fourth-order valence-electron chi connectivity index (χ4n) is 2.04. The molecular formula is C16H21N3S. The number of nitrogens with zero attached hydrogens (tertiary/aromatic N) is 2. The highest BCUT2D eigenvalue weighted by atomic mass is 32.2. The van der Waals surface area contributed by atoms with Crippen molar-refractivity contribution in [1.82, 2.24) is 9.97 Å². The van der Waals surface area contributed by atoms with Crippen LogP contribution in [0.15, 0.2) is 35.2 Å². The third-order valence-corrected chi connectivity index (χ3v) is 3.73. The van der Waals surface area contributed by atoms with Gasteiger partial charge in [0.2, 0.25) is 0 Å². The average molecular weight is 287 g/mol. The van der Waals surface area contributed by atoms with Gasteiger partial charge in [-0.25, -0.2) is 9.97 Å². The zero-order valence-electron chi connectivity index (χ0n) is 12.3. The lowest BCUT2D eigenvalue weighted by Crippen LogP contribution is -2.03. The highest BCUT2D eigenvalue weighted by Crippen LogP contribution is 2.23. The van der Waals surface area contributed by atoms with Gasteiger partial charge < -0.3 is 5.73 Å². The Labute approximate surface area is 125 Å². The molecule has 2 N–H and O–H groups in total. The maximum atomic E-state index is 5.89. The van der Waals surface area contributed by atoms with Gasteiger partial charge in [0.15, 0.2) is 5.82 Å². The summed E-state index contributed by atoms with van der Waals surface area (Å²) >= 11 is 1.83. The molecule has 0 saturated heterocycles. The second-order valence-electron chi connectivity index (χ2n) is 5.16. The Kier molecular flexibility index (Phi) is 5.01. The van der Waals surface area contributed by atoms with Crippen LogP contribution in [0.25, 0.3) is 11.4 Å². The quantitative estimate of drug-likeness (QED) is 0.843. The van der Waals surface area contributed by atoms with Gasteiger partial charge in [0, 0.05) is 22.2 Å². The second kappa shape index (κ2) is 6.75. The minimum absolute atomic E-state index is 0.539. The molecule has 0 aliphatic rings. The molecule has 0 aliphatic heterocycles. The maximum absolute atomic E-state index is 5.89. The van der Waals surface area contributed by atoms with E-state index in [0.717, 1.165) is 23.4 Å². The molecule has 0 amide bonds. The summed E-state index contributed by atoms with van der Waals surface area (Å²) in [5.41, 5.74) is 7.92. The molecule has 2 rings (SSSR count). The van der Waals surface area contributed by atoms with E-state index in [0.29, 0.717) is 17.6 Å². The molecule has 2 aromatic rings. The Bertz CT molecular complexity index is 564. The molecule has 3 nitrogen and oxygen atoms in total. The van der Waals surface area contributed by atoms with E-state index in [1.165, 1.54) is 4.90 Å². The lowest BCUT2D eigenvalue weighted by Gasteiger charge is -2.08. The zero-order valence-corrected chi connectivity index (χ0v) is 13.1. The van der Waals surface area contributed by atoms with E-state index in [-0.39, 0.29) is 0 Å². The van der Waals surface area contributed by atoms with E-state index in [4.69, 9.17) is 5.73 Å². The second-order valence-corrected chi connectivity index (χ2v) is 6.50. The number of hydrogen-bond donors (Lipinski definition) is 1. The molecular weight excluding hydrogens is 266 g/mol. The fourth-order valence-corrected chi connectivity index (χ4v) is 2.70. The Hall–Kier alpha value is -1.55. The smallest absolute Gasteiger partial charge is 0.161 e. The van der Waals surface area contributed by atoms with E-state index >= 15 is 0 Å². The third-order valence-electron chi connectivity index (χ3n) is 2.84. The molecule has 0 bridgehead atoms. The number of hydrogen-bond acceptors (Lipinski definition) is 4. The van der Waals surface area contributed by atoms with Gasteiger partial charge in [-0.2, -0.15) is 0 Å². The standard InChI is InChI=1S/C16H21N3S/c1-4-20-14-7-5-12(6-8-14)16-18-13(9-11(2)3)10-15(17)19-16/h5-8,10-11H,4,9H2,1-3H3,(H2,17,18,19). The van der Waals surface area contributed by atoms with Gasteiger partial charge in [0.1, 0.15) is 5.82 Å². The molecule has 0 unspecified atom stereocenters. The molecule has 20 heavy (non-hydrogen) atoms. The summed E-state index contributed by atoms with van der Waals surface area (Å²) in [6, 6.07) is 10.2. The molecule has 0 fully saturated rings. The summed E-state index contributed by atoms with van der Waals surface area (Å²) < 4.78 is 0. The van der Waals surface area contributed by atoms with Crippen LogP contribution < -0.4 is 5.73 Å². The SMILES string of the molecule is CCSc1ccc(-c2nc(N)cc(CC(C)C)n2)cc1. The van der Waals surface area contributed by atoms with Crippen LogP contribution in [0.4, 0.5) is 5.82 Å². The predicted octanol–water partition coefficient (Wildman–Crippen LogP) is 4.04. The van der Waals surface area contributed by atoms with Crippen LogP contribution in [-0.4, -0.2) is 15.7 Å². The van der Waals surface area contributed by atoms with Crippen molar-refractivity contribution in [2.45, 2.75) is 32.1 Å². The summed E-state index contributed by atoms with van der Waals surface area (Å²) in [5.74, 6) is 2.89. The molecule has 1 heterocycles. The highest BCUT2D eigenvalue weighted by Gasteiger charge is 2.07. The van der Waals surface area contributed by atoms with Crippen molar-refractivity contribution in [3.8, 4) is 11.4 Å². The molecule has 0 aliphatic carbocycles. The topological polar surface area (TPSA) is 51.8 Å². The Morgan fingerprint density at radius 2 is 1.85 bits per heavy atom. The molecule has 4 heteroatoms. The van der Waals surface area contributed by atoms with Crippen LogP contribution >= 0.6 is 11.8 Å². The van der Waals surface area contributed by atoms with Crippen LogP contribution in [0, 0.1) is 5.92 Å². The lowest BCUT2D eigenvalue weighted by molar-refractivity contribution is 0.635. The summed E-state index contributed by atoms with van der Waals surface area (Å²) in [6.07, 6.45) is 0.920. The summed E-state index contributed by atoms with van der Waals surface area (Å²) in [4.78, 5) is 10.2. The zero-order chi connectivity index (χ0) is 14.5. The minimum atomic E-state index is 0.539. The van der Waals surface area contributed by atoms with Crippen molar-refractivity contribution in [2.75, 3.05) is 11.5 Å². The van der Waals surface area contributed by atoms with Crippen molar-refractivity contribution < 1.29 is 0 Å². The van der Waals surface area contributed by atoms with Gasteiger partial charge in [0.05, 0.1) is 0 Å². The number of nitrogen functional groups attached to an aromatic ring is 1. The highest BCUT2D eigenvalue weighted by molar-refractivity contribution is 7.99. The Balaban J connectivity index is 2.29. The van der Waals surface area contributed by atoms with Crippen molar-refractivity contribution >= 4 is 17.6 Å². The van der Waals surface area contributed by atoms with Crippen LogP contribution in [0.2, 0.25) is 0 Å². The number of anilines is 1. The van der Waals surface area contributed by atoms with E-state index < -0.39 is 0 Å². The van der Waals surface area contributed by atoms with Gasteiger partial charge >= 0.3 is 0 Å². The Morgan fingerprint density at radius 1 is 1.15 bits per heavy atom.